The molecule has 1 saturated carbocycles. The van der Waals surface area contributed by atoms with Crippen molar-refractivity contribution in [3.05, 3.63) is 144 Å². The number of rotatable bonds is 15. The maximum absolute atomic E-state index is 6.83. The van der Waals surface area contributed by atoms with Gasteiger partial charge in [0.15, 0.2) is 6.29 Å². The third-order valence-electron chi connectivity index (χ3n) is 8.72. The van der Waals surface area contributed by atoms with Crippen molar-refractivity contribution in [1.82, 2.24) is 0 Å². The number of ether oxygens (including phenoxy) is 6. The Bertz CT molecular complexity index is 1380. The Morgan fingerprint density at radius 2 is 0.913 bits per heavy atom. The quantitative estimate of drug-likeness (QED) is 0.134. The van der Waals surface area contributed by atoms with Crippen LogP contribution in [0.2, 0.25) is 0 Å². The lowest BCUT2D eigenvalue weighted by molar-refractivity contribution is -0.337. The first-order valence-electron chi connectivity index (χ1n) is 16.7. The van der Waals surface area contributed by atoms with E-state index in [1.807, 2.05) is 72.8 Å². The maximum atomic E-state index is 6.83. The fraction of sp³-hybridized carbons (Fsp3) is 0.400. The lowest BCUT2D eigenvalue weighted by Crippen LogP contribution is -2.62. The summed E-state index contributed by atoms with van der Waals surface area (Å²) in [4.78, 5) is 0. The zero-order valence-corrected chi connectivity index (χ0v) is 26.5. The van der Waals surface area contributed by atoms with Crippen molar-refractivity contribution < 1.29 is 28.4 Å². The molecule has 0 amide bonds. The van der Waals surface area contributed by atoms with Crippen LogP contribution in [0, 0.1) is 0 Å². The van der Waals surface area contributed by atoms with Crippen LogP contribution < -0.4 is 0 Å². The summed E-state index contributed by atoms with van der Waals surface area (Å²) in [6, 6.07) is 40.9. The van der Waals surface area contributed by atoms with Gasteiger partial charge < -0.3 is 28.4 Å². The van der Waals surface area contributed by atoms with Crippen LogP contribution >= 0.6 is 0 Å². The SMILES string of the molecule is c1ccc(COC[C@H]2OC(OC3CCCCC3)[C@H](OCc3ccccc3)[C@@H](OCc3ccccc3)[C@H]2OCc2ccccc2)cc1. The number of hydrogen-bond donors (Lipinski definition) is 0. The molecular formula is C40H46O6. The molecule has 0 aromatic heterocycles. The van der Waals surface area contributed by atoms with Crippen molar-refractivity contribution >= 4 is 0 Å². The molecule has 46 heavy (non-hydrogen) atoms. The molecule has 5 atom stereocenters. The van der Waals surface area contributed by atoms with Crippen LogP contribution in [0.25, 0.3) is 0 Å². The van der Waals surface area contributed by atoms with E-state index in [2.05, 4.69) is 48.5 Å². The molecule has 6 nitrogen and oxygen atoms in total. The molecule has 1 heterocycles. The Morgan fingerprint density at radius 1 is 0.478 bits per heavy atom. The van der Waals surface area contributed by atoms with Crippen molar-refractivity contribution in [1.29, 1.82) is 0 Å². The molecule has 0 N–H and O–H groups in total. The summed E-state index contributed by atoms with van der Waals surface area (Å²) in [6.07, 6.45) is 3.20. The smallest absolute Gasteiger partial charge is 0.187 e. The second-order valence-electron chi connectivity index (χ2n) is 12.2. The Labute approximate surface area is 273 Å². The Morgan fingerprint density at radius 3 is 1.41 bits per heavy atom. The van der Waals surface area contributed by atoms with Gasteiger partial charge in [0.1, 0.15) is 24.4 Å². The van der Waals surface area contributed by atoms with Crippen LogP contribution in [0.3, 0.4) is 0 Å². The second-order valence-corrected chi connectivity index (χ2v) is 12.2. The van der Waals surface area contributed by atoms with Gasteiger partial charge in [-0.1, -0.05) is 141 Å². The lowest BCUT2D eigenvalue weighted by Gasteiger charge is -2.47. The van der Waals surface area contributed by atoms with E-state index in [0.29, 0.717) is 33.0 Å². The molecule has 0 bridgehead atoms. The van der Waals surface area contributed by atoms with E-state index in [9.17, 15) is 0 Å². The normalized spacial score (nSPS) is 23.7. The van der Waals surface area contributed by atoms with Crippen molar-refractivity contribution in [2.75, 3.05) is 6.61 Å². The molecule has 2 aliphatic rings. The first kappa shape index (κ1) is 32.6. The summed E-state index contributed by atoms with van der Waals surface area (Å²) < 4.78 is 40.2. The van der Waals surface area contributed by atoms with Crippen LogP contribution in [0.5, 0.6) is 0 Å². The van der Waals surface area contributed by atoms with Gasteiger partial charge in [-0.3, -0.25) is 0 Å². The Kier molecular flexibility index (Phi) is 12.4. The Hall–Kier alpha value is -3.36. The van der Waals surface area contributed by atoms with Gasteiger partial charge in [0.05, 0.1) is 39.1 Å². The molecule has 6 heteroatoms. The fourth-order valence-electron chi connectivity index (χ4n) is 6.25. The van der Waals surface area contributed by atoms with Gasteiger partial charge in [0.25, 0.3) is 0 Å². The van der Waals surface area contributed by atoms with Crippen LogP contribution in [0.15, 0.2) is 121 Å². The predicted octanol–water partition coefficient (Wildman–Crippen LogP) is 8.03. The van der Waals surface area contributed by atoms with E-state index in [1.165, 1.54) is 6.42 Å². The summed E-state index contributed by atoms with van der Waals surface area (Å²) in [6.45, 7) is 2.04. The van der Waals surface area contributed by atoms with E-state index in [4.69, 9.17) is 28.4 Å². The Balaban J connectivity index is 1.29. The molecule has 242 valence electrons. The summed E-state index contributed by atoms with van der Waals surface area (Å²) in [5.74, 6) is 0. The second kappa shape index (κ2) is 17.5. The van der Waals surface area contributed by atoms with Crippen LogP contribution in [-0.2, 0) is 54.8 Å². The van der Waals surface area contributed by atoms with E-state index >= 15 is 0 Å². The largest absolute Gasteiger partial charge is 0.374 e. The van der Waals surface area contributed by atoms with Crippen LogP contribution in [0.1, 0.15) is 54.4 Å². The van der Waals surface area contributed by atoms with Crippen molar-refractivity contribution in [2.45, 2.75) is 95.3 Å². The first-order chi connectivity index (χ1) is 22.8. The zero-order valence-electron chi connectivity index (χ0n) is 26.5. The first-order valence-corrected chi connectivity index (χ1v) is 16.7. The number of hydrogen-bond acceptors (Lipinski definition) is 6. The molecule has 1 saturated heterocycles. The molecule has 4 aromatic carbocycles. The lowest BCUT2D eigenvalue weighted by atomic mass is 9.96. The molecule has 6 rings (SSSR count). The molecule has 0 spiro atoms. The van der Waals surface area contributed by atoms with Gasteiger partial charge in [-0.15, -0.1) is 0 Å². The third kappa shape index (κ3) is 9.58. The van der Waals surface area contributed by atoms with Crippen LogP contribution in [0.4, 0.5) is 0 Å². The van der Waals surface area contributed by atoms with Gasteiger partial charge >= 0.3 is 0 Å². The van der Waals surface area contributed by atoms with Gasteiger partial charge in [-0.25, -0.2) is 0 Å². The highest BCUT2D eigenvalue weighted by molar-refractivity contribution is 5.16. The van der Waals surface area contributed by atoms with Crippen molar-refractivity contribution in [3.8, 4) is 0 Å². The maximum Gasteiger partial charge on any atom is 0.187 e. The van der Waals surface area contributed by atoms with Crippen molar-refractivity contribution in [2.24, 2.45) is 0 Å². The average molecular weight is 623 g/mol. The molecule has 1 aliphatic heterocycles. The molecular weight excluding hydrogens is 576 g/mol. The summed E-state index contributed by atoms with van der Waals surface area (Å²) in [5.41, 5.74) is 4.35. The minimum atomic E-state index is -0.630. The van der Waals surface area contributed by atoms with E-state index in [1.54, 1.807) is 0 Å². The third-order valence-corrected chi connectivity index (χ3v) is 8.72. The van der Waals surface area contributed by atoms with E-state index in [0.717, 1.165) is 47.9 Å². The standard InChI is InChI=1S/C40H46O6/c1-6-16-31(17-7-1)26-41-30-36-37(42-27-32-18-8-2-9-19-32)38(43-28-33-20-10-3-11-21-33)39(44-29-34-22-12-4-13-23-34)40(46-36)45-35-24-14-5-15-25-35/h1-4,6-13,16-23,35-40H,5,14-15,24-30H2/t36-,37+,38+,39-,40?/m1/s1. The minimum Gasteiger partial charge on any atom is -0.374 e. The summed E-state index contributed by atoms with van der Waals surface area (Å²) in [7, 11) is 0. The van der Waals surface area contributed by atoms with Gasteiger partial charge in [0, 0.05) is 0 Å². The molecule has 4 aromatic rings. The van der Waals surface area contributed by atoms with E-state index < -0.39 is 30.7 Å². The zero-order chi connectivity index (χ0) is 31.2. The topological polar surface area (TPSA) is 55.4 Å². The fourth-order valence-corrected chi connectivity index (χ4v) is 6.25. The highest BCUT2D eigenvalue weighted by Gasteiger charge is 2.49. The minimum absolute atomic E-state index is 0.115. The molecule has 1 aliphatic carbocycles. The predicted molar refractivity (Wildman–Crippen MR) is 178 cm³/mol. The monoisotopic (exact) mass is 622 g/mol. The van der Waals surface area contributed by atoms with Gasteiger partial charge in [-0.05, 0) is 35.1 Å². The molecule has 2 fully saturated rings. The van der Waals surface area contributed by atoms with Crippen LogP contribution in [-0.4, -0.2) is 43.4 Å². The summed E-state index contributed by atoms with van der Waals surface area (Å²) >= 11 is 0. The van der Waals surface area contributed by atoms with Crippen molar-refractivity contribution in [3.63, 3.8) is 0 Å². The van der Waals surface area contributed by atoms with E-state index in [-0.39, 0.29) is 6.10 Å². The average Bonchev–Trinajstić information content (AvgIpc) is 3.12. The highest BCUT2D eigenvalue weighted by Crippen LogP contribution is 2.34. The molecule has 1 unspecified atom stereocenters. The number of benzene rings is 4. The molecule has 0 radical (unpaired) electrons. The summed E-state index contributed by atoms with van der Waals surface area (Å²) in [5, 5.41) is 0. The van der Waals surface area contributed by atoms with Gasteiger partial charge in [-0.2, -0.15) is 0 Å². The van der Waals surface area contributed by atoms with Gasteiger partial charge in [0.2, 0.25) is 0 Å². The highest BCUT2D eigenvalue weighted by atomic mass is 16.7.